The highest BCUT2D eigenvalue weighted by Crippen LogP contribution is 2.43. The van der Waals surface area contributed by atoms with E-state index < -0.39 is 0 Å². The van der Waals surface area contributed by atoms with Crippen LogP contribution in [0, 0.1) is 11.8 Å². The molecule has 2 aliphatic carbocycles. The molecule has 3 aromatic carbocycles. The Hall–Kier alpha value is -2.17. The molecule has 0 spiro atoms. The maximum atomic E-state index is 2.54. The Labute approximate surface area is 184 Å². The first-order valence-electron chi connectivity index (χ1n) is 11.5. The van der Waals surface area contributed by atoms with Gasteiger partial charge >= 0.3 is 0 Å². The Balaban J connectivity index is 0.000000313. The largest absolute Gasteiger partial charge is 0.0898 e. The SMILES string of the molecule is C1=C(C(CPc2ccccc2)C2CCCCC2)c2ccccc2C1.c1ccccc1. The predicted molar refractivity (Wildman–Crippen MR) is 134 cm³/mol. The fraction of sp³-hybridized carbons (Fsp3) is 0.310. The van der Waals surface area contributed by atoms with E-state index >= 15 is 0 Å². The number of benzene rings is 3. The predicted octanol–water partition coefficient (Wildman–Crippen LogP) is 7.51. The smallest absolute Gasteiger partial charge is 0.00853 e. The standard InChI is InChI=1S/C23H27P.C6H6/c1-3-9-18(10-4-1)23(17-24-20-12-5-2-6-13-20)22-16-15-19-11-7-8-14-21(19)22;1-2-4-6-5-3-1/h2,5-8,11-14,16,18,23-24H,1,3-4,9-10,15,17H2;1-6H. The van der Waals surface area contributed by atoms with Gasteiger partial charge in [0.2, 0.25) is 0 Å². The van der Waals surface area contributed by atoms with Gasteiger partial charge in [-0.2, -0.15) is 0 Å². The number of rotatable bonds is 5. The minimum atomic E-state index is 0.757. The zero-order chi connectivity index (χ0) is 20.4. The van der Waals surface area contributed by atoms with Crippen molar-refractivity contribution in [1.82, 2.24) is 0 Å². The van der Waals surface area contributed by atoms with Crippen LogP contribution in [0.5, 0.6) is 0 Å². The van der Waals surface area contributed by atoms with Crippen molar-refractivity contribution < 1.29 is 0 Å². The maximum absolute atomic E-state index is 2.54. The lowest BCUT2D eigenvalue weighted by atomic mass is 9.76. The Bertz CT molecular complexity index is 881. The fourth-order valence-electron chi connectivity index (χ4n) is 4.90. The van der Waals surface area contributed by atoms with Crippen molar-refractivity contribution in [2.24, 2.45) is 11.8 Å². The van der Waals surface area contributed by atoms with Gasteiger partial charge in [0.05, 0.1) is 0 Å². The summed E-state index contributed by atoms with van der Waals surface area (Å²) in [7, 11) is 0.932. The first-order chi connectivity index (χ1) is 14.9. The van der Waals surface area contributed by atoms with E-state index in [0.717, 1.165) is 26.8 Å². The average molecular weight is 413 g/mol. The summed E-state index contributed by atoms with van der Waals surface area (Å²) in [5.41, 5.74) is 4.75. The number of fused-ring (bicyclic) bond motifs is 1. The summed E-state index contributed by atoms with van der Waals surface area (Å²) in [4.78, 5) is 0. The van der Waals surface area contributed by atoms with Crippen LogP contribution in [-0.2, 0) is 6.42 Å². The molecule has 30 heavy (non-hydrogen) atoms. The molecule has 0 saturated heterocycles. The molecule has 1 saturated carbocycles. The van der Waals surface area contributed by atoms with E-state index in [1.165, 1.54) is 49.1 Å². The van der Waals surface area contributed by atoms with Crippen LogP contribution in [0.15, 0.2) is 97.1 Å². The average Bonchev–Trinajstić information content (AvgIpc) is 3.26. The van der Waals surface area contributed by atoms with Crippen molar-refractivity contribution in [2.75, 3.05) is 6.16 Å². The molecule has 0 nitrogen and oxygen atoms in total. The van der Waals surface area contributed by atoms with Crippen LogP contribution < -0.4 is 5.30 Å². The van der Waals surface area contributed by atoms with Crippen LogP contribution >= 0.6 is 8.58 Å². The van der Waals surface area contributed by atoms with E-state index in [1.54, 1.807) is 11.1 Å². The Morgan fingerprint density at radius 2 is 1.30 bits per heavy atom. The number of hydrogen-bond donors (Lipinski definition) is 0. The zero-order valence-corrected chi connectivity index (χ0v) is 18.8. The van der Waals surface area contributed by atoms with Crippen LogP contribution in [0.1, 0.15) is 43.2 Å². The normalized spacial score (nSPS) is 17.1. The van der Waals surface area contributed by atoms with Crippen LogP contribution in [0.2, 0.25) is 0 Å². The summed E-state index contributed by atoms with van der Waals surface area (Å²) >= 11 is 0. The van der Waals surface area contributed by atoms with Crippen LogP contribution in [0.4, 0.5) is 0 Å². The summed E-state index contributed by atoms with van der Waals surface area (Å²) in [5.74, 6) is 1.65. The Morgan fingerprint density at radius 3 is 2.00 bits per heavy atom. The summed E-state index contributed by atoms with van der Waals surface area (Å²) in [6.45, 7) is 0. The van der Waals surface area contributed by atoms with Crippen molar-refractivity contribution in [3.63, 3.8) is 0 Å². The minimum absolute atomic E-state index is 0.757. The van der Waals surface area contributed by atoms with Gasteiger partial charge in [-0.1, -0.05) is 125 Å². The second-order valence-electron chi connectivity index (χ2n) is 8.43. The van der Waals surface area contributed by atoms with Gasteiger partial charge in [-0.05, 0) is 59.3 Å². The first-order valence-corrected chi connectivity index (χ1v) is 12.7. The molecular formula is C29H33P. The molecule has 5 rings (SSSR count). The molecule has 3 aromatic rings. The molecule has 0 radical (unpaired) electrons. The lowest BCUT2D eigenvalue weighted by molar-refractivity contribution is 0.309. The van der Waals surface area contributed by atoms with E-state index in [-0.39, 0.29) is 0 Å². The fourth-order valence-corrected chi connectivity index (χ4v) is 6.33. The summed E-state index contributed by atoms with van der Waals surface area (Å²) in [6, 6.07) is 32.2. The molecular weight excluding hydrogens is 379 g/mol. The number of hydrogen-bond acceptors (Lipinski definition) is 0. The van der Waals surface area contributed by atoms with E-state index in [0.29, 0.717) is 0 Å². The van der Waals surface area contributed by atoms with E-state index in [2.05, 4.69) is 60.7 Å². The molecule has 0 N–H and O–H groups in total. The van der Waals surface area contributed by atoms with E-state index in [9.17, 15) is 0 Å². The lowest BCUT2D eigenvalue weighted by Gasteiger charge is -2.32. The molecule has 2 unspecified atom stereocenters. The van der Waals surface area contributed by atoms with Gasteiger partial charge in [0.1, 0.15) is 0 Å². The summed E-state index contributed by atoms with van der Waals surface area (Å²) < 4.78 is 0. The van der Waals surface area contributed by atoms with Crippen molar-refractivity contribution in [3.8, 4) is 0 Å². The topological polar surface area (TPSA) is 0 Å². The van der Waals surface area contributed by atoms with E-state index in [1.807, 2.05) is 36.4 Å². The molecule has 2 atom stereocenters. The third kappa shape index (κ3) is 5.71. The van der Waals surface area contributed by atoms with Crippen LogP contribution in [0.25, 0.3) is 5.57 Å². The Kier molecular flexibility index (Phi) is 7.93. The minimum Gasteiger partial charge on any atom is -0.0898 e. The molecule has 0 heterocycles. The van der Waals surface area contributed by atoms with Gasteiger partial charge in [0.15, 0.2) is 0 Å². The monoisotopic (exact) mass is 412 g/mol. The summed E-state index contributed by atoms with van der Waals surface area (Å²) in [5, 5.41) is 1.52. The van der Waals surface area contributed by atoms with Gasteiger partial charge in [-0.3, -0.25) is 0 Å². The molecule has 154 valence electrons. The molecule has 1 fully saturated rings. The third-order valence-electron chi connectivity index (χ3n) is 6.46. The second-order valence-corrected chi connectivity index (χ2v) is 9.77. The van der Waals surface area contributed by atoms with Crippen molar-refractivity contribution in [2.45, 2.75) is 38.5 Å². The second kappa shape index (κ2) is 11.3. The van der Waals surface area contributed by atoms with Crippen LogP contribution in [-0.4, -0.2) is 6.16 Å². The van der Waals surface area contributed by atoms with Gasteiger partial charge in [-0.25, -0.2) is 0 Å². The van der Waals surface area contributed by atoms with Gasteiger partial charge in [0, 0.05) is 0 Å². The van der Waals surface area contributed by atoms with E-state index in [4.69, 9.17) is 0 Å². The van der Waals surface area contributed by atoms with Gasteiger partial charge in [0.25, 0.3) is 0 Å². The molecule has 0 aromatic heterocycles. The highest BCUT2D eigenvalue weighted by molar-refractivity contribution is 7.47. The molecule has 0 aliphatic heterocycles. The van der Waals surface area contributed by atoms with Crippen molar-refractivity contribution in [1.29, 1.82) is 0 Å². The molecule has 1 heteroatoms. The first kappa shape index (κ1) is 21.1. The third-order valence-corrected chi connectivity index (χ3v) is 7.84. The quantitative estimate of drug-likeness (QED) is 0.380. The Morgan fingerprint density at radius 1 is 0.700 bits per heavy atom. The van der Waals surface area contributed by atoms with Crippen molar-refractivity contribution >= 4 is 19.5 Å². The van der Waals surface area contributed by atoms with Gasteiger partial charge in [-0.15, -0.1) is 0 Å². The molecule has 0 amide bonds. The van der Waals surface area contributed by atoms with Crippen molar-refractivity contribution in [3.05, 3.63) is 108 Å². The highest BCUT2D eigenvalue weighted by Gasteiger charge is 2.29. The molecule has 0 bridgehead atoms. The lowest BCUT2D eigenvalue weighted by Crippen LogP contribution is -2.21. The molecule has 2 aliphatic rings. The highest BCUT2D eigenvalue weighted by atomic mass is 31.1. The maximum Gasteiger partial charge on any atom is -0.00853 e. The zero-order valence-electron chi connectivity index (χ0n) is 17.8. The number of allylic oxidation sites excluding steroid dienone is 2. The van der Waals surface area contributed by atoms with Gasteiger partial charge < -0.3 is 0 Å². The summed E-state index contributed by atoms with van der Waals surface area (Å²) in [6.07, 6.45) is 12.2. The van der Waals surface area contributed by atoms with Crippen LogP contribution in [0.3, 0.4) is 0 Å².